The second kappa shape index (κ2) is 3.42. The Labute approximate surface area is 107 Å². The van der Waals surface area contributed by atoms with E-state index in [1.807, 2.05) is 13.8 Å². The van der Waals surface area contributed by atoms with Crippen LogP contribution in [0.2, 0.25) is 0 Å². The van der Waals surface area contributed by atoms with Gasteiger partial charge in [0.15, 0.2) is 0 Å². The molecule has 0 aromatic carbocycles. The third kappa shape index (κ3) is 1.18. The largest absolute Gasteiger partial charge is 0.390 e. The smallest absolute Gasteiger partial charge is 0.144 e. The maximum Gasteiger partial charge on any atom is 0.144 e. The summed E-state index contributed by atoms with van der Waals surface area (Å²) in [7, 11) is 0. The van der Waals surface area contributed by atoms with E-state index in [0.29, 0.717) is 19.3 Å². The van der Waals surface area contributed by atoms with Crippen molar-refractivity contribution in [1.29, 1.82) is 0 Å². The molecule has 3 rings (SSSR count). The number of hydrogen-bond acceptors (Lipinski definition) is 4. The third-order valence-electron chi connectivity index (χ3n) is 5.69. The summed E-state index contributed by atoms with van der Waals surface area (Å²) in [5.41, 5.74) is -0.883. The van der Waals surface area contributed by atoms with Crippen molar-refractivity contribution in [3.05, 3.63) is 0 Å². The summed E-state index contributed by atoms with van der Waals surface area (Å²) in [6.45, 7) is 5.53. The molecule has 1 spiro atoms. The maximum atomic E-state index is 12.1. The Morgan fingerprint density at radius 3 is 2.78 bits per heavy atom. The zero-order chi connectivity index (χ0) is 13.3. The lowest BCUT2D eigenvalue weighted by Gasteiger charge is -2.51. The molecular weight excluding hydrogens is 232 g/mol. The summed E-state index contributed by atoms with van der Waals surface area (Å²) in [6.07, 6.45) is 1.04. The van der Waals surface area contributed by atoms with Crippen molar-refractivity contribution in [2.75, 3.05) is 0 Å². The lowest BCUT2D eigenvalue weighted by Crippen LogP contribution is -2.60. The summed E-state index contributed by atoms with van der Waals surface area (Å²) >= 11 is 0. The lowest BCUT2D eigenvalue weighted by molar-refractivity contribution is -0.151. The first kappa shape index (κ1) is 12.3. The standard InChI is InChI=1S/C14H20O4/c1-7-6-10(17)12-14(18-12)5-4-9(16)11(8(2)15)13(7,14)3/h7,10-12,17H,4-6H2,1-3H3/t7-,10+,11-,12-,13-,14+/m0/s1. The Bertz CT molecular complexity index is 432. The molecule has 1 heterocycles. The fourth-order valence-corrected chi connectivity index (χ4v) is 4.60. The molecule has 1 aliphatic heterocycles. The zero-order valence-electron chi connectivity index (χ0n) is 11.1. The third-order valence-corrected chi connectivity index (χ3v) is 5.69. The monoisotopic (exact) mass is 252 g/mol. The van der Waals surface area contributed by atoms with Crippen molar-refractivity contribution in [3.63, 3.8) is 0 Å². The van der Waals surface area contributed by atoms with Gasteiger partial charge in [0, 0.05) is 11.8 Å². The van der Waals surface area contributed by atoms with Crippen LogP contribution < -0.4 is 0 Å². The number of Topliss-reactive ketones (excluding diaryl/α,β-unsaturated/α-hetero) is 2. The van der Waals surface area contributed by atoms with Gasteiger partial charge in [0.05, 0.1) is 12.0 Å². The van der Waals surface area contributed by atoms with Gasteiger partial charge in [-0.1, -0.05) is 13.8 Å². The molecule has 0 aromatic rings. The number of hydrogen-bond donors (Lipinski definition) is 1. The number of carbonyl (C=O) groups is 2. The Morgan fingerprint density at radius 1 is 1.50 bits per heavy atom. The van der Waals surface area contributed by atoms with Gasteiger partial charge >= 0.3 is 0 Å². The number of carbonyl (C=O) groups excluding carboxylic acids is 2. The molecule has 0 amide bonds. The highest BCUT2D eigenvalue weighted by molar-refractivity contribution is 6.03. The fourth-order valence-electron chi connectivity index (χ4n) is 4.60. The van der Waals surface area contributed by atoms with Crippen LogP contribution in [-0.4, -0.2) is 34.5 Å². The van der Waals surface area contributed by atoms with E-state index >= 15 is 0 Å². The number of rotatable bonds is 1. The van der Waals surface area contributed by atoms with Crippen LogP contribution in [0.5, 0.6) is 0 Å². The van der Waals surface area contributed by atoms with E-state index < -0.39 is 23.0 Å². The Morgan fingerprint density at radius 2 is 2.17 bits per heavy atom. The predicted molar refractivity (Wildman–Crippen MR) is 63.9 cm³/mol. The van der Waals surface area contributed by atoms with Crippen LogP contribution in [0.1, 0.15) is 40.0 Å². The van der Waals surface area contributed by atoms with Crippen LogP contribution in [0.3, 0.4) is 0 Å². The van der Waals surface area contributed by atoms with Gasteiger partial charge in [-0.25, -0.2) is 0 Å². The van der Waals surface area contributed by atoms with Crippen LogP contribution in [0, 0.1) is 17.3 Å². The van der Waals surface area contributed by atoms with Gasteiger partial charge in [0.1, 0.15) is 23.3 Å². The van der Waals surface area contributed by atoms with Gasteiger partial charge < -0.3 is 9.84 Å². The van der Waals surface area contributed by atoms with E-state index in [-0.39, 0.29) is 23.6 Å². The first-order valence-electron chi connectivity index (χ1n) is 6.73. The van der Waals surface area contributed by atoms with Crippen molar-refractivity contribution in [1.82, 2.24) is 0 Å². The number of aliphatic hydroxyl groups excluding tert-OH is 1. The number of ketones is 2. The molecule has 6 atom stereocenters. The summed E-state index contributed by atoms with van der Waals surface area (Å²) in [4.78, 5) is 24.1. The zero-order valence-corrected chi connectivity index (χ0v) is 11.1. The van der Waals surface area contributed by atoms with Crippen LogP contribution in [0.4, 0.5) is 0 Å². The molecule has 1 N–H and O–H groups in total. The molecule has 0 radical (unpaired) electrons. The number of epoxide rings is 1. The van der Waals surface area contributed by atoms with Crippen molar-refractivity contribution in [2.45, 2.75) is 57.8 Å². The molecule has 2 saturated carbocycles. The molecule has 0 aromatic heterocycles. The summed E-state index contributed by atoms with van der Waals surface area (Å²) in [6, 6.07) is 0. The van der Waals surface area contributed by atoms with Crippen LogP contribution in [0.15, 0.2) is 0 Å². The summed E-state index contributed by atoms with van der Waals surface area (Å²) in [5.74, 6) is -0.449. The Balaban J connectivity index is 2.08. The van der Waals surface area contributed by atoms with Crippen molar-refractivity contribution in [2.24, 2.45) is 17.3 Å². The topological polar surface area (TPSA) is 66.9 Å². The number of aliphatic hydroxyl groups is 1. The van der Waals surface area contributed by atoms with E-state index in [4.69, 9.17) is 4.74 Å². The molecule has 1 saturated heterocycles. The number of ether oxygens (including phenoxy) is 1. The first-order valence-corrected chi connectivity index (χ1v) is 6.73. The van der Waals surface area contributed by atoms with E-state index in [0.717, 1.165) is 0 Å². The van der Waals surface area contributed by atoms with Crippen molar-refractivity contribution < 1.29 is 19.4 Å². The van der Waals surface area contributed by atoms with Crippen molar-refractivity contribution >= 4 is 11.6 Å². The predicted octanol–water partition coefficient (Wildman–Crippen LogP) is 1.10. The lowest BCUT2D eigenvalue weighted by atomic mass is 9.49. The molecule has 4 nitrogen and oxygen atoms in total. The molecule has 18 heavy (non-hydrogen) atoms. The van der Waals surface area contributed by atoms with E-state index in [1.165, 1.54) is 6.92 Å². The van der Waals surface area contributed by atoms with Gasteiger partial charge in [-0.05, 0) is 25.7 Å². The van der Waals surface area contributed by atoms with Crippen LogP contribution in [-0.2, 0) is 14.3 Å². The molecular formula is C14H20O4. The molecule has 3 fully saturated rings. The van der Waals surface area contributed by atoms with Gasteiger partial charge in [0.2, 0.25) is 0 Å². The SMILES string of the molecule is CC(=O)[C@H]1C(=O)CC[C@@]23O[C@H]2[C@H](O)C[C@H](C)[C@@]13C. The van der Waals surface area contributed by atoms with Crippen LogP contribution >= 0.6 is 0 Å². The quantitative estimate of drug-likeness (QED) is 0.560. The first-order chi connectivity index (χ1) is 8.34. The van der Waals surface area contributed by atoms with Gasteiger partial charge in [0.25, 0.3) is 0 Å². The van der Waals surface area contributed by atoms with Crippen LogP contribution in [0.25, 0.3) is 0 Å². The van der Waals surface area contributed by atoms with E-state index in [1.54, 1.807) is 0 Å². The van der Waals surface area contributed by atoms with Gasteiger partial charge in [-0.3, -0.25) is 9.59 Å². The minimum absolute atomic E-state index is 0.0492. The van der Waals surface area contributed by atoms with Crippen molar-refractivity contribution in [3.8, 4) is 0 Å². The molecule has 4 heteroatoms. The highest BCUT2D eigenvalue weighted by Crippen LogP contribution is 2.67. The minimum atomic E-state index is -0.557. The maximum absolute atomic E-state index is 12.1. The highest BCUT2D eigenvalue weighted by atomic mass is 16.6. The Kier molecular flexibility index (Phi) is 2.34. The van der Waals surface area contributed by atoms with Gasteiger partial charge in [-0.15, -0.1) is 0 Å². The minimum Gasteiger partial charge on any atom is -0.390 e. The second-order valence-corrected chi connectivity index (χ2v) is 6.42. The fraction of sp³-hybridized carbons (Fsp3) is 0.857. The Hall–Kier alpha value is -0.740. The molecule has 0 unspecified atom stereocenters. The average molecular weight is 252 g/mol. The molecule has 2 aliphatic carbocycles. The molecule has 0 bridgehead atoms. The average Bonchev–Trinajstić information content (AvgIpc) is 2.99. The normalized spacial score (nSPS) is 54.6. The molecule has 100 valence electrons. The van der Waals surface area contributed by atoms with E-state index in [2.05, 4.69) is 0 Å². The highest BCUT2D eigenvalue weighted by Gasteiger charge is 2.77. The summed E-state index contributed by atoms with van der Waals surface area (Å²) < 4.78 is 5.83. The molecule has 3 aliphatic rings. The summed E-state index contributed by atoms with van der Waals surface area (Å²) in [5, 5.41) is 10.0. The van der Waals surface area contributed by atoms with Gasteiger partial charge in [-0.2, -0.15) is 0 Å². The second-order valence-electron chi connectivity index (χ2n) is 6.42. The van der Waals surface area contributed by atoms with E-state index in [9.17, 15) is 14.7 Å².